The average Bonchev–Trinajstić information content (AvgIpc) is 3.29. The first-order valence-corrected chi connectivity index (χ1v) is 9.68. The molecule has 1 aromatic heterocycles. The zero-order chi connectivity index (χ0) is 20.2. The van der Waals surface area contributed by atoms with Crippen molar-refractivity contribution < 1.29 is 4.79 Å². The topological polar surface area (TPSA) is 89.2 Å². The Hall–Kier alpha value is -3.56. The van der Waals surface area contributed by atoms with Crippen LogP contribution in [0.15, 0.2) is 66.9 Å². The third-order valence-electron chi connectivity index (χ3n) is 5.44. The summed E-state index contributed by atoms with van der Waals surface area (Å²) in [5, 5.41) is 9.29. The van der Waals surface area contributed by atoms with E-state index in [1.807, 2.05) is 42.6 Å². The van der Waals surface area contributed by atoms with Crippen LogP contribution in [0, 0.1) is 11.3 Å². The van der Waals surface area contributed by atoms with E-state index in [1.165, 1.54) is 0 Å². The molecule has 1 unspecified atom stereocenters. The number of nitrogens with one attached hydrogen (secondary N) is 1. The number of rotatable bonds is 5. The van der Waals surface area contributed by atoms with Gasteiger partial charge in [-0.3, -0.25) is 9.69 Å². The van der Waals surface area contributed by atoms with Gasteiger partial charge in [-0.15, -0.1) is 0 Å². The minimum atomic E-state index is -0.408. The summed E-state index contributed by atoms with van der Waals surface area (Å²) in [5.74, 6) is -0.408. The van der Waals surface area contributed by atoms with E-state index in [1.54, 1.807) is 12.1 Å². The smallest absolute Gasteiger partial charge is 0.248 e. The van der Waals surface area contributed by atoms with E-state index in [0.29, 0.717) is 11.1 Å². The Morgan fingerprint density at radius 3 is 2.41 bits per heavy atom. The van der Waals surface area contributed by atoms with Crippen molar-refractivity contribution >= 4 is 11.6 Å². The molecule has 1 aliphatic rings. The summed E-state index contributed by atoms with van der Waals surface area (Å²) in [6, 6.07) is 21.7. The van der Waals surface area contributed by atoms with Crippen LogP contribution >= 0.6 is 0 Å². The number of H-pyrrole nitrogens is 1. The molecule has 0 radical (unpaired) electrons. The van der Waals surface area contributed by atoms with Crippen LogP contribution in [0.2, 0.25) is 0 Å². The molecule has 0 aliphatic carbocycles. The second-order valence-corrected chi connectivity index (χ2v) is 7.20. The number of aromatic nitrogens is 1. The number of carbonyl (C=O) groups is 1. The zero-order valence-electron chi connectivity index (χ0n) is 16.1. The monoisotopic (exact) mass is 385 g/mol. The average molecular weight is 385 g/mol. The molecule has 4 rings (SSSR count). The van der Waals surface area contributed by atoms with Gasteiger partial charge in [-0.05, 0) is 54.1 Å². The van der Waals surface area contributed by atoms with E-state index >= 15 is 0 Å². The highest BCUT2D eigenvalue weighted by Crippen LogP contribution is 2.30. The summed E-state index contributed by atoms with van der Waals surface area (Å²) in [6.45, 7) is 3.53. The summed E-state index contributed by atoms with van der Waals surface area (Å²) in [6.07, 6.45) is 1.94. The molecule has 0 spiro atoms. The molecule has 6 nitrogen and oxygen atoms in total. The lowest BCUT2D eigenvalue weighted by molar-refractivity contribution is 0.100. The Morgan fingerprint density at radius 1 is 1.03 bits per heavy atom. The molecule has 1 saturated heterocycles. The van der Waals surface area contributed by atoms with Crippen LogP contribution in [0.5, 0.6) is 0 Å². The Labute approximate surface area is 170 Å². The van der Waals surface area contributed by atoms with Gasteiger partial charge in [0, 0.05) is 49.3 Å². The quantitative estimate of drug-likeness (QED) is 0.707. The molecular weight excluding hydrogens is 362 g/mol. The molecule has 1 atom stereocenters. The van der Waals surface area contributed by atoms with E-state index in [0.717, 1.165) is 43.1 Å². The summed E-state index contributed by atoms with van der Waals surface area (Å²) in [4.78, 5) is 19.4. The molecule has 2 aromatic carbocycles. The molecule has 29 heavy (non-hydrogen) atoms. The predicted octanol–water partition coefficient (Wildman–Crippen LogP) is 2.90. The molecule has 1 fully saturated rings. The predicted molar refractivity (Wildman–Crippen MR) is 113 cm³/mol. The second kappa shape index (κ2) is 8.21. The summed E-state index contributed by atoms with van der Waals surface area (Å²) in [5.41, 5.74) is 9.87. The molecule has 2 heterocycles. The number of benzene rings is 2. The number of hydrogen-bond acceptors (Lipinski definition) is 4. The summed E-state index contributed by atoms with van der Waals surface area (Å²) in [7, 11) is 0. The number of nitrogens with zero attached hydrogens (tertiary/aromatic N) is 3. The van der Waals surface area contributed by atoms with Crippen LogP contribution in [-0.4, -0.2) is 42.0 Å². The first-order chi connectivity index (χ1) is 14.2. The lowest BCUT2D eigenvalue weighted by Crippen LogP contribution is -2.48. The molecule has 3 N–H and O–H groups in total. The van der Waals surface area contributed by atoms with Gasteiger partial charge >= 0.3 is 0 Å². The van der Waals surface area contributed by atoms with Crippen molar-refractivity contribution in [2.45, 2.75) is 6.04 Å². The van der Waals surface area contributed by atoms with Crippen LogP contribution in [0.4, 0.5) is 5.69 Å². The minimum absolute atomic E-state index is 0.0812. The highest BCUT2D eigenvalue weighted by atomic mass is 16.1. The van der Waals surface area contributed by atoms with Crippen LogP contribution in [0.3, 0.4) is 0 Å². The van der Waals surface area contributed by atoms with E-state index in [4.69, 9.17) is 5.73 Å². The van der Waals surface area contributed by atoms with Gasteiger partial charge in [0.2, 0.25) is 5.91 Å². The number of nitriles is 1. The zero-order valence-corrected chi connectivity index (χ0v) is 16.1. The molecule has 3 aromatic rings. The molecular formula is C23H23N5O. The highest BCUT2D eigenvalue weighted by molar-refractivity contribution is 5.93. The normalized spacial score (nSPS) is 15.6. The van der Waals surface area contributed by atoms with E-state index in [-0.39, 0.29) is 6.04 Å². The van der Waals surface area contributed by atoms with E-state index < -0.39 is 5.91 Å². The van der Waals surface area contributed by atoms with Crippen molar-refractivity contribution in [3.05, 3.63) is 89.2 Å². The highest BCUT2D eigenvalue weighted by Gasteiger charge is 2.27. The van der Waals surface area contributed by atoms with Gasteiger partial charge in [-0.1, -0.05) is 12.1 Å². The molecule has 0 bridgehead atoms. The largest absolute Gasteiger partial charge is 0.369 e. The van der Waals surface area contributed by atoms with Crippen molar-refractivity contribution in [2.24, 2.45) is 5.73 Å². The standard InChI is InChI=1S/C23H23N5O/c24-16-17-3-1-4-19(15-17)22(21-5-2-10-26-21)28-13-11-27(12-14-28)20-8-6-18(7-9-20)23(25)29/h1-10,15,22,26H,11-14H2,(H2,25,29). The van der Waals surface area contributed by atoms with Crippen molar-refractivity contribution in [1.82, 2.24) is 9.88 Å². The van der Waals surface area contributed by atoms with Gasteiger partial charge in [0.15, 0.2) is 0 Å². The lowest BCUT2D eigenvalue weighted by atomic mass is 9.99. The minimum Gasteiger partial charge on any atom is -0.369 e. The van der Waals surface area contributed by atoms with Gasteiger partial charge in [-0.2, -0.15) is 5.26 Å². The van der Waals surface area contributed by atoms with Crippen molar-refractivity contribution in [3.63, 3.8) is 0 Å². The maximum absolute atomic E-state index is 11.3. The van der Waals surface area contributed by atoms with Crippen molar-refractivity contribution in [2.75, 3.05) is 31.1 Å². The molecule has 1 aliphatic heterocycles. The fourth-order valence-corrected chi connectivity index (χ4v) is 3.95. The van der Waals surface area contributed by atoms with Gasteiger partial charge in [0.1, 0.15) is 0 Å². The molecule has 146 valence electrons. The molecule has 0 saturated carbocycles. The number of anilines is 1. The third-order valence-corrected chi connectivity index (χ3v) is 5.44. The Morgan fingerprint density at radius 2 is 1.79 bits per heavy atom. The van der Waals surface area contributed by atoms with E-state index in [2.05, 4.69) is 33.0 Å². The fraction of sp³-hybridized carbons (Fsp3) is 0.217. The SMILES string of the molecule is N#Cc1cccc(C(c2ccc[nH]2)N2CCN(c3ccc(C(N)=O)cc3)CC2)c1. The van der Waals surface area contributed by atoms with Crippen molar-refractivity contribution in [3.8, 4) is 6.07 Å². The van der Waals surface area contributed by atoms with Crippen LogP contribution in [-0.2, 0) is 0 Å². The number of nitrogens with two attached hydrogens (primary N) is 1. The lowest BCUT2D eigenvalue weighted by Gasteiger charge is -2.40. The fourth-order valence-electron chi connectivity index (χ4n) is 3.95. The van der Waals surface area contributed by atoms with Crippen LogP contribution in [0.1, 0.15) is 33.2 Å². The molecule has 6 heteroatoms. The number of primary amides is 1. The number of aromatic amines is 1. The first-order valence-electron chi connectivity index (χ1n) is 9.68. The Balaban J connectivity index is 1.52. The maximum Gasteiger partial charge on any atom is 0.248 e. The summed E-state index contributed by atoms with van der Waals surface area (Å²) >= 11 is 0. The van der Waals surface area contributed by atoms with Gasteiger partial charge in [-0.25, -0.2) is 0 Å². The summed E-state index contributed by atoms with van der Waals surface area (Å²) < 4.78 is 0. The third kappa shape index (κ3) is 4.00. The Bertz CT molecular complexity index is 1010. The van der Waals surface area contributed by atoms with Gasteiger partial charge < -0.3 is 15.6 Å². The van der Waals surface area contributed by atoms with Gasteiger partial charge in [0.05, 0.1) is 17.7 Å². The Kier molecular flexibility index (Phi) is 5.32. The van der Waals surface area contributed by atoms with Gasteiger partial charge in [0.25, 0.3) is 0 Å². The maximum atomic E-state index is 11.3. The number of carbonyl (C=O) groups excluding carboxylic acids is 1. The number of amides is 1. The second-order valence-electron chi connectivity index (χ2n) is 7.20. The number of hydrogen-bond donors (Lipinski definition) is 2. The van der Waals surface area contributed by atoms with Crippen LogP contribution < -0.4 is 10.6 Å². The number of piperazine rings is 1. The first kappa shape index (κ1) is 18.8. The van der Waals surface area contributed by atoms with Crippen LogP contribution in [0.25, 0.3) is 0 Å². The van der Waals surface area contributed by atoms with Crippen molar-refractivity contribution in [1.29, 1.82) is 5.26 Å². The van der Waals surface area contributed by atoms with E-state index in [9.17, 15) is 10.1 Å². The molecule has 1 amide bonds.